The fourth-order valence-corrected chi connectivity index (χ4v) is 8.39. The van der Waals surface area contributed by atoms with Gasteiger partial charge in [0.05, 0.1) is 35.7 Å². The summed E-state index contributed by atoms with van der Waals surface area (Å²) in [5.41, 5.74) is 8.56. The zero-order valence-electron chi connectivity index (χ0n) is 42.5. The van der Waals surface area contributed by atoms with Gasteiger partial charge in [-0.1, -0.05) is 0 Å². The number of carbonyl (C=O) groups excluding carboxylic acids is 3. The molecule has 3 amide bonds. The fourth-order valence-electron chi connectivity index (χ4n) is 8.39. The summed E-state index contributed by atoms with van der Waals surface area (Å²) < 4.78 is 62.6. The Morgan fingerprint density at radius 2 is 1.25 bits per heavy atom. The molecule has 8 rings (SSSR count). The molecule has 4 atom stereocenters. The van der Waals surface area contributed by atoms with E-state index in [1.165, 1.54) is 41.1 Å². The van der Waals surface area contributed by atoms with Crippen molar-refractivity contribution in [3.05, 3.63) is 118 Å². The number of aromatic nitrogens is 3. The SMILES string of the molecule is Cc1ncoc1COc1cc2c(cc1F)C[C@@H]([C@H](O)CN)N(C(=O)OC(C)(C)C)C2.Cc1ncoc1COc1cc2c(cc1F)C[C@@H]([C@H](O)CNC(=O)c1ccnc(NC3CCC3)c1)N(C(=O)OC(C)(C)C)C2. The number of amides is 3. The third kappa shape index (κ3) is 14.0. The first-order valence-corrected chi connectivity index (χ1v) is 24.3. The summed E-state index contributed by atoms with van der Waals surface area (Å²) in [5, 5.41) is 27.7. The number of nitrogens with one attached hydrogen (secondary N) is 2. The molecule has 0 spiro atoms. The molecule has 2 aliphatic heterocycles. The van der Waals surface area contributed by atoms with Crippen molar-refractivity contribution in [1.82, 2.24) is 30.1 Å². The van der Waals surface area contributed by atoms with Crippen LogP contribution in [0, 0.1) is 25.5 Å². The summed E-state index contributed by atoms with van der Waals surface area (Å²) in [6.07, 6.45) is 4.58. The number of aliphatic hydroxyl groups is 2. The summed E-state index contributed by atoms with van der Waals surface area (Å²) in [4.78, 5) is 54.1. The Morgan fingerprint density at radius 1 is 0.753 bits per heavy atom. The van der Waals surface area contributed by atoms with E-state index in [9.17, 15) is 29.0 Å². The fraction of sp³-hybridized carbons (Fsp3) is 0.500. The number of pyridine rings is 1. The summed E-state index contributed by atoms with van der Waals surface area (Å²) in [6, 6.07) is 8.11. The Kier molecular flexibility index (Phi) is 16.9. The van der Waals surface area contributed by atoms with Crippen molar-refractivity contribution in [3.8, 4) is 11.5 Å². The van der Waals surface area contributed by atoms with Crippen molar-refractivity contribution in [2.75, 3.05) is 18.4 Å². The van der Waals surface area contributed by atoms with Gasteiger partial charge in [-0.25, -0.2) is 33.3 Å². The summed E-state index contributed by atoms with van der Waals surface area (Å²) in [7, 11) is 0. The number of aryl methyl sites for hydroxylation is 2. The number of rotatable bonds is 14. The second-order valence-corrected chi connectivity index (χ2v) is 20.4. The number of benzene rings is 2. The van der Waals surface area contributed by atoms with Crippen molar-refractivity contribution in [3.63, 3.8) is 0 Å². The van der Waals surface area contributed by atoms with Gasteiger partial charge >= 0.3 is 12.2 Å². The van der Waals surface area contributed by atoms with Gasteiger partial charge in [-0.15, -0.1) is 0 Å². The van der Waals surface area contributed by atoms with Crippen LogP contribution < -0.4 is 25.8 Å². The molecule has 5 aromatic rings. The van der Waals surface area contributed by atoms with Crippen LogP contribution >= 0.6 is 0 Å². The highest BCUT2D eigenvalue weighted by Crippen LogP contribution is 2.34. The molecule has 21 heteroatoms. The summed E-state index contributed by atoms with van der Waals surface area (Å²) in [5.74, 6) is 0.181. The number of hydrogen-bond acceptors (Lipinski definition) is 16. The van der Waals surface area contributed by atoms with Gasteiger partial charge in [0.25, 0.3) is 5.91 Å². The zero-order chi connectivity index (χ0) is 52.8. The number of halogens is 2. The lowest BCUT2D eigenvalue weighted by Crippen LogP contribution is -2.54. The van der Waals surface area contributed by atoms with Gasteiger partial charge in [0.2, 0.25) is 0 Å². The van der Waals surface area contributed by atoms with E-state index >= 15 is 4.39 Å². The summed E-state index contributed by atoms with van der Waals surface area (Å²) >= 11 is 0. The van der Waals surface area contributed by atoms with Crippen molar-refractivity contribution >= 4 is 23.9 Å². The average molecular weight is 1020 g/mol. The van der Waals surface area contributed by atoms with E-state index in [-0.39, 0.29) is 69.6 Å². The molecule has 0 saturated heterocycles. The zero-order valence-corrected chi connectivity index (χ0v) is 42.5. The largest absolute Gasteiger partial charge is 0.482 e. The molecule has 1 saturated carbocycles. The minimum atomic E-state index is -1.16. The third-order valence-corrected chi connectivity index (χ3v) is 12.6. The highest BCUT2D eigenvalue weighted by Gasteiger charge is 2.39. The number of nitrogens with zero attached hydrogens (tertiary/aromatic N) is 5. The second-order valence-electron chi connectivity index (χ2n) is 20.4. The molecule has 19 nitrogen and oxygen atoms in total. The Hall–Kier alpha value is -6.84. The first-order valence-electron chi connectivity index (χ1n) is 24.3. The molecule has 394 valence electrons. The third-order valence-electron chi connectivity index (χ3n) is 12.6. The Labute approximate surface area is 422 Å². The highest BCUT2D eigenvalue weighted by atomic mass is 19.1. The molecule has 1 fully saturated rings. The normalized spacial score (nSPS) is 17.4. The van der Waals surface area contributed by atoms with Crippen LogP contribution in [0.2, 0.25) is 0 Å². The van der Waals surface area contributed by atoms with Crippen LogP contribution in [0.3, 0.4) is 0 Å². The Bertz CT molecular complexity index is 2730. The van der Waals surface area contributed by atoms with E-state index in [0.717, 1.165) is 12.8 Å². The molecular formula is C52H66F2N8O11. The number of ether oxygens (including phenoxy) is 4. The first-order chi connectivity index (χ1) is 34.5. The minimum Gasteiger partial charge on any atom is -0.482 e. The standard InChI is InChI=1S/C31H38FN5O6.C21H28FN3O5/c1-18-27(42-17-35-18)16-41-26-12-21-15-37(30(40)43-31(2,3)4)24(11-20(21)10-23(26)32)25(38)14-34-29(39)19-8-9-33-28(13-19)36-22-6-5-7-22;1-12-19(29-11-24-12)10-28-18-7-14-9-25(20(27)30-21(2,3)4)16(17(26)8-23)6-13(14)5-15(18)22/h8-10,12-13,17,22,24-25,38H,5-7,11,14-16H2,1-4H3,(H,33,36)(H,34,39);5,7,11,16-17,26H,6,8-10,23H2,1-4H3/t24-,25+;16-,17+/m00/s1. The maximum atomic E-state index is 15.1. The molecule has 0 radical (unpaired) electrons. The first kappa shape index (κ1) is 53.9. The van der Waals surface area contributed by atoms with Gasteiger partial charge in [-0.3, -0.25) is 14.6 Å². The highest BCUT2D eigenvalue weighted by molar-refractivity contribution is 5.94. The Morgan fingerprint density at radius 3 is 1.67 bits per heavy atom. The van der Waals surface area contributed by atoms with E-state index in [1.807, 2.05) is 0 Å². The molecule has 5 heterocycles. The molecule has 2 aromatic carbocycles. The van der Waals surface area contributed by atoms with Crippen LogP contribution in [0.15, 0.2) is 64.2 Å². The van der Waals surface area contributed by atoms with Crippen molar-refractivity contribution in [2.24, 2.45) is 5.73 Å². The van der Waals surface area contributed by atoms with Crippen molar-refractivity contribution in [2.45, 2.75) is 155 Å². The molecule has 0 bridgehead atoms. The second kappa shape index (κ2) is 22.9. The average Bonchev–Trinajstić information content (AvgIpc) is 3.94. The molecular weight excluding hydrogens is 951 g/mol. The van der Waals surface area contributed by atoms with E-state index in [4.69, 9.17) is 33.5 Å². The molecule has 0 unspecified atom stereocenters. The monoisotopic (exact) mass is 1020 g/mol. The van der Waals surface area contributed by atoms with E-state index in [2.05, 4.69) is 25.6 Å². The molecule has 3 aliphatic rings. The van der Waals surface area contributed by atoms with Crippen LogP contribution in [0.1, 0.15) is 116 Å². The van der Waals surface area contributed by atoms with Gasteiger partial charge in [-0.05, 0) is 146 Å². The molecule has 73 heavy (non-hydrogen) atoms. The lowest BCUT2D eigenvalue weighted by Gasteiger charge is -2.40. The summed E-state index contributed by atoms with van der Waals surface area (Å²) in [6.45, 7) is 14.2. The predicted octanol–water partition coefficient (Wildman–Crippen LogP) is 7.20. The maximum absolute atomic E-state index is 15.1. The Balaban J connectivity index is 0.000000228. The number of fused-ring (bicyclic) bond motifs is 2. The number of nitrogens with two attached hydrogens (primary N) is 1. The van der Waals surface area contributed by atoms with Crippen molar-refractivity contribution < 1.29 is 61.2 Å². The van der Waals surface area contributed by atoms with E-state index in [1.54, 1.807) is 85.9 Å². The van der Waals surface area contributed by atoms with Gasteiger partial charge in [0.1, 0.15) is 30.2 Å². The van der Waals surface area contributed by atoms with E-state index in [0.29, 0.717) is 62.6 Å². The smallest absolute Gasteiger partial charge is 0.410 e. The van der Waals surface area contributed by atoms with Gasteiger partial charge in [-0.2, -0.15) is 0 Å². The molecule has 1 aliphatic carbocycles. The molecule has 6 N–H and O–H groups in total. The van der Waals surface area contributed by atoms with Crippen LogP contribution in [0.4, 0.5) is 24.2 Å². The number of anilines is 1. The van der Waals surface area contributed by atoms with Gasteiger partial charge in [0, 0.05) is 44.0 Å². The maximum Gasteiger partial charge on any atom is 0.410 e. The minimum absolute atomic E-state index is 0.00598. The van der Waals surface area contributed by atoms with Crippen LogP contribution in [-0.4, -0.2) is 108 Å². The lowest BCUT2D eigenvalue weighted by molar-refractivity contribution is -0.0115. The molecule has 3 aromatic heterocycles. The van der Waals surface area contributed by atoms with Gasteiger partial charge in [0.15, 0.2) is 47.4 Å². The number of oxazole rings is 2. The van der Waals surface area contributed by atoms with Crippen LogP contribution in [0.25, 0.3) is 0 Å². The van der Waals surface area contributed by atoms with Gasteiger partial charge < -0.3 is 54.4 Å². The van der Waals surface area contributed by atoms with E-state index < -0.39 is 59.3 Å². The van der Waals surface area contributed by atoms with Crippen LogP contribution in [0.5, 0.6) is 11.5 Å². The quantitative estimate of drug-likeness (QED) is 0.0738. The predicted molar refractivity (Wildman–Crippen MR) is 261 cm³/mol. The van der Waals surface area contributed by atoms with Crippen molar-refractivity contribution in [1.29, 1.82) is 0 Å². The number of aliphatic hydroxyl groups excluding tert-OH is 2. The van der Waals surface area contributed by atoms with Crippen LogP contribution in [-0.2, 0) is 48.6 Å². The topological polar surface area (TPSA) is 250 Å². The number of hydrogen-bond donors (Lipinski definition) is 5. The number of carbonyl (C=O) groups is 3. The lowest BCUT2D eigenvalue weighted by atomic mass is 9.90.